The van der Waals surface area contributed by atoms with Crippen molar-refractivity contribution in [3.05, 3.63) is 87.0 Å². The molecule has 1 aliphatic rings. The number of fused-ring (bicyclic) bond motifs is 1. The second kappa shape index (κ2) is 7.74. The fourth-order valence-corrected chi connectivity index (χ4v) is 3.53. The van der Waals surface area contributed by atoms with E-state index in [-0.39, 0.29) is 12.3 Å². The first-order valence-corrected chi connectivity index (χ1v) is 9.61. The summed E-state index contributed by atoms with van der Waals surface area (Å²) in [6.07, 6.45) is 2.75. The summed E-state index contributed by atoms with van der Waals surface area (Å²) in [5, 5.41) is 4.17. The van der Waals surface area contributed by atoms with E-state index in [0.717, 1.165) is 33.8 Å². The summed E-state index contributed by atoms with van der Waals surface area (Å²) in [5.74, 6) is 0.623. The van der Waals surface area contributed by atoms with Crippen LogP contribution in [0, 0.1) is 6.92 Å². The number of pyridine rings is 1. The third kappa shape index (κ3) is 4.08. The maximum atomic E-state index is 12.4. The first kappa shape index (κ1) is 18.7. The van der Waals surface area contributed by atoms with Gasteiger partial charge in [0.15, 0.2) is 5.82 Å². The fraction of sp³-hybridized carbons (Fsp3) is 0.136. The summed E-state index contributed by atoms with van der Waals surface area (Å²) in [5.41, 5.74) is 5.43. The third-order valence-corrected chi connectivity index (χ3v) is 5.10. The molecule has 0 saturated heterocycles. The Bertz CT molecular complexity index is 1090. The summed E-state index contributed by atoms with van der Waals surface area (Å²) < 4.78 is 0. The number of hydrogen-bond acceptors (Lipinski definition) is 3. The summed E-state index contributed by atoms with van der Waals surface area (Å²) in [6.45, 7) is 2.01. The van der Waals surface area contributed by atoms with Crippen LogP contribution < -0.4 is 5.32 Å². The molecular formula is C22H17Cl2N3O. The van der Waals surface area contributed by atoms with Crippen molar-refractivity contribution < 1.29 is 4.79 Å². The first-order chi connectivity index (χ1) is 13.5. The van der Waals surface area contributed by atoms with Crippen LogP contribution in [0.15, 0.2) is 59.7 Å². The highest BCUT2D eigenvalue weighted by Crippen LogP contribution is 2.31. The highest BCUT2D eigenvalue weighted by atomic mass is 35.5. The van der Waals surface area contributed by atoms with Gasteiger partial charge in [-0.25, -0.2) is 9.98 Å². The van der Waals surface area contributed by atoms with Crippen LogP contribution in [0.25, 0.3) is 0 Å². The molecule has 0 bridgehead atoms. The molecule has 0 saturated carbocycles. The molecule has 140 valence electrons. The molecule has 4 rings (SSSR count). The van der Waals surface area contributed by atoms with Crippen molar-refractivity contribution in [1.82, 2.24) is 4.98 Å². The zero-order valence-electron chi connectivity index (χ0n) is 15.2. The van der Waals surface area contributed by atoms with Gasteiger partial charge in [-0.3, -0.25) is 4.79 Å². The first-order valence-electron chi connectivity index (χ1n) is 8.85. The van der Waals surface area contributed by atoms with Crippen LogP contribution in [0.4, 0.5) is 11.5 Å². The number of carbonyl (C=O) groups excluding carboxylic acids is 1. The Morgan fingerprint density at radius 1 is 1.11 bits per heavy atom. The molecule has 0 spiro atoms. The summed E-state index contributed by atoms with van der Waals surface area (Å²) in [7, 11) is 0. The number of aryl methyl sites for hydroxylation is 1. The maximum absolute atomic E-state index is 12.4. The number of rotatable bonds is 4. The number of benzene rings is 2. The maximum Gasteiger partial charge on any atom is 0.228 e. The van der Waals surface area contributed by atoms with E-state index < -0.39 is 0 Å². The van der Waals surface area contributed by atoms with Crippen molar-refractivity contribution in [2.45, 2.75) is 19.8 Å². The van der Waals surface area contributed by atoms with E-state index in [1.807, 2.05) is 25.1 Å². The van der Waals surface area contributed by atoms with E-state index in [9.17, 15) is 4.79 Å². The molecule has 1 aromatic heterocycles. The van der Waals surface area contributed by atoms with Crippen LogP contribution in [-0.4, -0.2) is 16.6 Å². The molecule has 2 aromatic carbocycles. The predicted molar refractivity (Wildman–Crippen MR) is 114 cm³/mol. The number of aliphatic imine (C=N–C) groups is 1. The zero-order valence-corrected chi connectivity index (χ0v) is 16.7. The number of amides is 1. The Labute approximate surface area is 173 Å². The minimum Gasteiger partial charge on any atom is -0.326 e. The molecule has 0 aliphatic carbocycles. The second-order valence-electron chi connectivity index (χ2n) is 6.78. The number of halogens is 2. The molecule has 1 aliphatic heterocycles. The zero-order chi connectivity index (χ0) is 19.7. The van der Waals surface area contributed by atoms with Crippen molar-refractivity contribution in [2.75, 3.05) is 5.32 Å². The highest BCUT2D eigenvalue weighted by molar-refractivity contribution is 6.34. The van der Waals surface area contributed by atoms with E-state index in [2.05, 4.69) is 21.4 Å². The van der Waals surface area contributed by atoms with Gasteiger partial charge in [0.1, 0.15) is 0 Å². The SMILES string of the molecule is Cc1cnc2c(c1)CC(c1cc(NC(=O)Cc3ccc(Cl)cc3)ccc1Cl)=N2. The lowest BCUT2D eigenvalue weighted by atomic mass is 10.0. The van der Waals surface area contributed by atoms with Gasteiger partial charge in [0.05, 0.1) is 12.1 Å². The number of hydrogen-bond donors (Lipinski definition) is 1. The van der Waals surface area contributed by atoms with Crippen molar-refractivity contribution in [2.24, 2.45) is 4.99 Å². The van der Waals surface area contributed by atoms with E-state index in [1.54, 1.807) is 30.5 Å². The van der Waals surface area contributed by atoms with Gasteiger partial charge in [-0.05, 0) is 48.4 Å². The Morgan fingerprint density at radius 3 is 2.68 bits per heavy atom. The van der Waals surface area contributed by atoms with Crippen LogP contribution in [0.1, 0.15) is 22.3 Å². The van der Waals surface area contributed by atoms with Gasteiger partial charge in [0, 0.05) is 39.5 Å². The summed E-state index contributed by atoms with van der Waals surface area (Å²) in [6, 6.07) is 14.7. The van der Waals surface area contributed by atoms with Crippen LogP contribution in [0.3, 0.4) is 0 Å². The predicted octanol–water partition coefficient (Wildman–Crippen LogP) is 5.55. The molecule has 0 fully saturated rings. The normalized spacial score (nSPS) is 12.5. The smallest absolute Gasteiger partial charge is 0.228 e. The molecule has 0 unspecified atom stereocenters. The number of nitrogens with one attached hydrogen (secondary N) is 1. The average Bonchev–Trinajstić information content (AvgIpc) is 3.08. The molecule has 28 heavy (non-hydrogen) atoms. The fourth-order valence-electron chi connectivity index (χ4n) is 3.17. The van der Waals surface area contributed by atoms with Gasteiger partial charge in [-0.1, -0.05) is 41.4 Å². The molecule has 3 aromatic rings. The van der Waals surface area contributed by atoms with Crippen molar-refractivity contribution in [1.29, 1.82) is 0 Å². The lowest BCUT2D eigenvalue weighted by molar-refractivity contribution is -0.115. The summed E-state index contributed by atoms with van der Waals surface area (Å²) >= 11 is 12.3. The van der Waals surface area contributed by atoms with Crippen LogP contribution in [-0.2, 0) is 17.6 Å². The van der Waals surface area contributed by atoms with Gasteiger partial charge >= 0.3 is 0 Å². The van der Waals surface area contributed by atoms with Gasteiger partial charge in [-0.15, -0.1) is 0 Å². The average molecular weight is 410 g/mol. The van der Waals surface area contributed by atoms with Gasteiger partial charge in [0.2, 0.25) is 5.91 Å². The number of carbonyl (C=O) groups is 1. The molecular weight excluding hydrogens is 393 g/mol. The molecule has 2 heterocycles. The molecule has 1 N–H and O–H groups in total. The second-order valence-corrected chi connectivity index (χ2v) is 7.62. The monoisotopic (exact) mass is 409 g/mol. The lowest BCUT2D eigenvalue weighted by Crippen LogP contribution is -2.15. The molecule has 1 amide bonds. The Hall–Kier alpha value is -2.69. The van der Waals surface area contributed by atoms with Crippen LogP contribution in [0.5, 0.6) is 0 Å². The molecule has 0 atom stereocenters. The minimum absolute atomic E-state index is 0.107. The van der Waals surface area contributed by atoms with Gasteiger partial charge in [-0.2, -0.15) is 0 Å². The number of anilines is 1. The third-order valence-electron chi connectivity index (χ3n) is 4.52. The van der Waals surface area contributed by atoms with Gasteiger partial charge < -0.3 is 5.32 Å². The highest BCUT2D eigenvalue weighted by Gasteiger charge is 2.20. The van der Waals surface area contributed by atoms with E-state index in [4.69, 9.17) is 23.2 Å². The largest absolute Gasteiger partial charge is 0.326 e. The minimum atomic E-state index is -0.107. The Kier molecular flexibility index (Phi) is 5.16. The Balaban J connectivity index is 1.51. The van der Waals surface area contributed by atoms with Crippen LogP contribution >= 0.6 is 23.2 Å². The lowest BCUT2D eigenvalue weighted by Gasteiger charge is -2.09. The van der Waals surface area contributed by atoms with Crippen molar-refractivity contribution in [3.63, 3.8) is 0 Å². The van der Waals surface area contributed by atoms with Crippen LogP contribution in [0.2, 0.25) is 10.0 Å². The number of aromatic nitrogens is 1. The van der Waals surface area contributed by atoms with E-state index in [1.165, 1.54) is 0 Å². The standard InChI is InChI=1S/C22H17Cl2N3O/c1-13-8-15-10-20(27-22(15)25-12-13)18-11-17(6-7-19(18)24)26-21(28)9-14-2-4-16(23)5-3-14/h2-8,11-12H,9-10H2,1H3,(H,26,28). The molecule has 0 radical (unpaired) electrons. The number of nitrogens with zero attached hydrogens (tertiary/aromatic N) is 2. The van der Waals surface area contributed by atoms with Gasteiger partial charge in [0.25, 0.3) is 0 Å². The van der Waals surface area contributed by atoms with Crippen molar-refractivity contribution >= 4 is 46.3 Å². The van der Waals surface area contributed by atoms with E-state index >= 15 is 0 Å². The Morgan fingerprint density at radius 2 is 1.89 bits per heavy atom. The molecule has 4 nitrogen and oxygen atoms in total. The van der Waals surface area contributed by atoms with E-state index in [0.29, 0.717) is 22.2 Å². The van der Waals surface area contributed by atoms with Crippen molar-refractivity contribution in [3.8, 4) is 0 Å². The topological polar surface area (TPSA) is 54.4 Å². The quantitative estimate of drug-likeness (QED) is 0.613. The molecule has 6 heteroatoms. The summed E-state index contributed by atoms with van der Waals surface area (Å²) in [4.78, 5) is 21.4.